The Morgan fingerprint density at radius 3 is 2.19 bits per heavy atom. The molecule has 2 atom stereocenters. The SMILES string of the molecule is CC(CNC(C)c1ccc([N+](=O)[O-])cc1)c1ccccc1. The Morgan fingerprint density at radius 2 is 1.62 bits per heavy atom. The van der Waals surface area contributed by atoms with Crippen LogP contribution in [-0.4, -0.2) is 11.5 Å². The van der Waals surface area contributed by atoms with Crippen molar-refractivity contribution in [2.75, 3.05) is 6.54 Å². The maximum atomic E-state index is 10.6. The zero-order valence-electron chi connectivity index (χ0n) is 12.3. The molecule has 2 aromatic rings. The van der Waals surface area contributed by atoms with Gasteiger partial charge in [0, 0.05) is 24.7 Å². The second kappa shape index (κ2) is 6.99. The molecule has 110 valence electrons. The van der Waals surface area contributed by atoms with Crippen molar-refractivity contribution in [2.45, 2.75) is 25.8 Å². The molecule has 0 amide bonds. The fraction of sp³-hybridized carbons (Fsp3) is 0.294. The third kappa shape index (κ3) is 4.13. The highest BCUT2D eigenvalue weighted by Gasteiger charge is 2.11. The lowest BCUT2D eigenvalue weighted by molar-refractivity contribution is -0.384. The number of nitro groups is 1. The van der Waals surface area contributed by atoms with Crippen LogP contribution in [0.25, 0.3) is 0 Å². The molecule has 0 bridgehead atoms. The number of nitrogens with zero attached hydrogens (tertiary/aromatic N) is 1. The van der Waals surface area contributed by atoms with E-state index >= 15 is 0 Å². The first-order valence-electron chi connectivity index (χ1n) is 7.10. The van der Waals surface area contributed by atoms with E-state index in [4.69, 9.17) is 0 Å². The minimum atomic E-state index is -0.376. The summed E-state index contributed by atoms with van der Waals surface area (Å²) in [5.74, 6) is 0.423. The number of nitro benzene ring substituents is 1. The smallest absolute Gasteiger partial charge is 0.269 e. The molecule has 0 spiro atoms. The van der Waals surface area contributed by atoms with Crippen LogP contribution in [0.15, 0.2) is 54.6 Å². The van der Waals surface area contributed by atoms with Gasteiger partial charge in [0.1, 0.15) is 0 Å². The molecule has 0 aliphatic carbocycles. The summed E-state index contributed by atoms with van der Waals surface area (Å²) in [7, 11) is 0. The van der Waals surface area contributed by atoms with E-state index in [2.05, 4.69) is 31.3 Å². The summed E-state index contributed by atoms with van der Waals surface area (Å²) in [6.07, 6.45) is 0. The van der Waals surface area contributed by atoms with Crippen LogP contribution in [0.5, 0.6) is 0 Å². The van der Waals surface area contributed by atoms with Gasteiger partial charge in [-0.05, 0) is 24.0 Å². The molecular weight excluding hydrogens is 264 g/mol. The highest BCUT2D eigenvalue weighted by molar-refractivity contribution is 5.34. The van der Waals surface area contributed by atoms with Gasteiger partial charge in [0.25, 0.3) is 5.69 Å². The quantitative estimate of drug-likeness (QED) is 0.643. The second-order valence-electron chi connectivity index (χ2n) is 5.29. The Kier molecular flexibility index (Phi) is 5.06. The molecule has 4 heteroatoms. The normalized spacial score (nSPS) is 13.6. The fourth-order valence-corrected chi connectivity index (χ4v) is 2.26. The molecule has 0 heterocycles. The van der Waals surface area contributed by atoms with Gasteiger partial charge in [0.2, 0.25) is 0 Å². The van der Waals surface area contributed by atoms with Gasteiger partial charge < -0.3 is 5.32 Å². The average Bonchev–Trinajstić information content (AvgIpc) is 2.53. The zero-order valence-corrected chi connectivity index (χ0v) is 12.3. The molecule has 2 unspecified atom stereocenters. The summed E-state index contributed by atoms with van der Waals surface area (Å²) >= 11 is 0. The highest BCUT2D eigenvalue weighted by Crippen LogP contribution is 2.19. The largest absolute Gasteiger partial charge is 0.310 e. The minimum Gasteiger partial charge on any atom is -0.310 e. The van der Waals surface area contributed by atoms with Crippen molar-refractivity contribution in [2.24, 2.45) is 0 Å². The molecule has 21 heavy (non-hydrogen) atoms. The van der Waals surface area contributed by atoms with Crippen LogP contribution < -0.4 is 5.32 Å². The Morgan fingerprint density at radius 1 is 1.00 bits per heavy atom. The van der Waals surface area contributed by atoms with Crippen LogP contribution >= 0.6 is 0 Å². The summed E-state index contributed by atoms with van der Waals surface area (Å²) < 4.78 is 0. The first-order chi connectivity index (χ1) is 10.1. The summed E-state index contributed by atoms with van der Waals surface area (Å²) in [6.45, 7) is 5.12. The van der Waals surface area contributed by atoms with Gasteiger partial charge in [-0.2, -0.15) is 0 Å². The summed E-state index contributed by atoms with van der Waals surface area (Å²) in [5.41, 5.74) is 2.49. The topological polar surface area (TPSA) is 55.2 Å². The number of hydrogen-bond acceptors (Lipinski definition) is 3. The molecule has 1 N–H and O–H groups in total. The summed E-state index contributed by atoms with van der Waals surface area (Å²) in [4.78, 5) is 10.3. The van der Waals surface area contributed by atoms with Crippen LogP contribution in [-0.2, 0) is 0 Å². The van der Waals surface area contributed by atoms with Gasteiger partial charge in [-0.1, -0.05) is 49.4 Å². The van der Waals surface area contributed by atoms with E-state index in [0.717, 1.165) is 12.1 Å². The molecule has 0 saturated heterocycles. The maximum absolute atomic E-state index is 10.6. The molecule has 0 aromatic heterocycles. The molecule has 2 rings (SSSR count). The summed E-state index contributed by atoms with van der Waals surface area (Å²) in [6, 6.07) is 17.2. The molecule has 0 saturated carbocycles. The van der Waals surface area contributed by atoms with E-state index in [1.54, 1.807) is 12.1 Å². The Labute approximate surface area is 125 Å². The van der Waals surface area contributed by atoms with Crippen LogP contribution in [0, 0.1) is 10.1 Å². The highest BCUT2D eigenvalue weighted by atomic mass is 16.6. The van der Waals surface area contributed by atoms with Gasteiger partial charge >= 0.3 is 0 Å². The predicted molar refractivity (Wildman–Crippen MR) is 84.4 cm³/mol. The van der Waals surface area contributed by atoms with E-state index in [1.165, 1.54) is 5.56 Å². The van der Waals surface area contributed by atoms with Crippen molar-refractivity contribution in [3.63, 3.8) is 0 Å². The van der Waals surface area contributed by atoms with E-state index < -0.39 is 0 Å². The number of nitrogens with one attached hydrogen (secondary N) is 1. The lowest BCUT2D eigenvalue weighted by Crippen LogP contribution is -2.23. The first-order valence-corrected chi connectivity index (χ1v) is 7.10. The average molecular weight is 284 g/mol. The van der Waals surface area contributed by atoms with Crippen LogP contribution in [0.2, 0.25) is 0 Å². The maximum Gasteiger partial charge on any atom is 0.269 e. The molecule has 2 aromatic carbocycles. The first kappa shape index (κ1) is 15.2. The van der Waals surface area contributed by atoms with Gasteiger partial charge in [-0.25, -0.2) is 0 Å². The Bertz CT molecular complexity index is 581. The van der Waals surface area contributed by atoms with Gasteiger partial charge in [-0.3, -0.25) is 10.1 Å². The van der Waals surface area contributed by atoms with E-state index in [0.29, 0.717) is 5.92 Å². The number of non-ortho nitro benzene ring substituents is 1. The predicted octanol–water partition coefficient (Wildman–Crippen LogP) is 4.05. The van der Waals surface area contributed by atoms with Crippen molar-refractivity contribution >= 4 is 5.69 Å². The Hall–Kier alpha value is -2.20. The third-order valence-electron chi connectivity index (χ3n) is 3.70. The second-order valence-corrected chi connectivity index (χ2v) is 5.29. The minimum absolute atomic E-state index is 0.128. The number of rotatable bonds is 6. The molecule has 0 radical (unpaired) electrons. The van der Waals surface area contributed by atoms with Crippen molar-refractivity contribution < 1.29 is 4.92 Å². The van der Waals surface area contributed by atoms with Crippen molar-refractivity contribution in [3.8, 4) is 0 Å². The van der Waals surface area contributed by atoms with E-state index in [1.807, 2.05) is 30.3 Å². The van der Waals surface area contributed by atoms with Crippen LogP contribution in [0.4, 0.5) is 5.69 Å². The molecular formula is C17H20N2O2. The van der Waals surface area contributed by atoms with E-state index in [9.17, 15) is 10.1 Å². The monoisotopic (exact) mass is 284 g/mol. The lowest BCUT2D eigenvalue weighted by atomic mass is 10.0. The number of benzene rings is 2. The van der Waals surface area contributed by atoms with Gasteiger partial charge in [0.05, 0.1) is 4.92 Å². The fourth-order valence-electron chi connectivity index (χ4n) is 2.26. The number of hydrogen-bond donors (Lipinski definition) is 1. The molecule has 0 fully saturated rings. The lowest BCUT2D eigenvalue weighted by Gasteiger charge is -2.18. The third-order valence-corrected chi connectivity index (χ3v) is 3.70. The van der Waals surface area contributed by atoms with Crippen LogP contribution in [0.3, 0.4) is 0 Å². The van der Waals surface area contributed by atoms with Crippen LogP contribution in [0.1, 0.15) is 36.9 Å². The molecule has 0 aliphatic heterocycles. The Balaban J connectivity index is 1.92. The van der Waals surface area contributed by atoms with Crippen molar-refractivity contribution in [3.05, 3.63) is 75.8 Å². The van der Waals surface area contributed by atoms with Crippen molar-refractivity contribution in [1.29, 1.82) is 0 Å². The zero-order chi connectivity index (χ0) is 15.2. The molecule has 0 aliphatic rings. The van der Waals surface area contributed by atoms with Gasteiger partial charge in [-0.15, -0.1) is 0 Å². The summed E-state index contributed by atoms with van der Waals surface area (Å²) in [5, 5.41) is 14.1. The van der Waals surface area contributed by atoms with Crippen molar-refractivity contribution in [1.82, 2.24) is 5.32 Å². The van der Waals surface area contributed by atoms with Gasteiger partial charge in [0.15, 0.2) is 0 Å². The molecule has 4 nitrogen and oxygen atoms in total. The standard InChI is InChI=1S/C17H20N2O2/c1-13(15-6-4-3-5-7-15)12-18-14(2)16-8-10-17(11-9-16)19(20)21/h3-11,13-14,18H,12H2,1-2H3. The van der Waals surface area contributed by atoms with E-state index in [-0.39, 0.29) is 16.7 Å².